The molecule has 0 saturated carbocycles. The molecule has 1 atom stereocenters. The summed E-state index contributed by atoms with van der Waals surface area (Å²) < 4.78 is 23.2. The molecule has 0 aliphatic heterocycles. The van der Waals surface area contributed by atoms with Crippen LogP contribution in [0, 0.1) is 11.7 Å². The van der Waals surface area contributed by atoms with Crippen molar-refractivity contribution in [1.29, 1.82) is 0 Å². The van der Waals surface area contributed by atoms with E-state index in [-0.39, 0.29) is 18.3 Å². The van der Waals surface area contributed by atoms with Gasteiger partial charge in [-0.3, -0.25) is 4.79 Å². The van der Waals surface area contributed by atoms with E-state index in [9.17, 15) is 9.18 Å². The predicted octanol–water partition coefficient (Wildman–Crippen LogP) is 1.51. The molecule has 1 rings (SSSR count). The molecular formula is C13H18FNO3. The highest BCUT2D eigenvalue weighted by Crippen LogP contribution is 2.19. The Morgan fingerprint density at radius 2 is 2.22 bits per heavy atom. The van der Waals surface area contributed by atoms with E-state index in [4.69, 9.17) is 15.2 Å². The van der Waals surface area contributed by atoms with Crippen molar-refractivity contribution in [2.24, 2.45) is 11.7 Å². The van der Waals surface area contributed by atoms with Crippen molar-refractivity contribution >= 4 is 5.97 Å². The second kappa shape index (κ2) is 6.96. The van der Waals surface area contributed by atoms with Crippen molar-refractivity contribution < 1.29 is 18.7 Å². The summed E-state index contributed by atoms with van der Waals surface area (Å²) in [5.74, 6) is -1.07. The van der Waals surface area contributed by atoms with Gasteiger partial charge < -0.3 is 15.2 Å². The number of ether oxygens (including phenoxy) is 2. The van der Waals surface area contributed by atoms with Gasteiger partial charge in [0.15, 0.2) is 11.6 Å². The molecule has 18 heavy (non-hydrogen) atoms. The Morgan fingerprint density at radius 3 is 2.72 bits per heavy atom. The minimum Gasteiger partial charge on any atom is -0.494 e. The largest absolute Gasteiger partial charge is 0.494 e. The number of rotatable bonds is 6. The number of methoxy groups -OCH3 is 1. The van der Waals surface area contributed by atoms with E-state index < -0.39 is 11.7 Å². The van der Waals surface area contributed by atoms with Crippen LogP contribution in [0.25, 0.3) is 0 Å². The average molecular weight is 255 g/mol. The highest BCUT2D eigenvalue weighted by molar-refractivity contribution is 5.73. The monoisotopic (exact) mass is 255 g/mol. The van der Waals surface area contributed by atoms with Gasteiger partial charge in [-0.05, 0) is 31.0 Å². The van der Waals surface area contributed by atoms with Crippen LogP contribution in [-0.2, 0) is 16.0 Å². The Labute approximate surface area is 106 Å². The molecular weight excluding hydrogens is 237 g/mol. The fourth-order valence-electron chi connectivity index (χ4n) is 1.64. The zero-order valence-corrected chi connectivity index (χ0v) is 10.6. The maximum Gasteiger partial charge on any atom is 0.310 e. The van der Waals surface area contributed by atoms with Crippen molar-refractivity contribution in [2.75, 3.05) is 20.3 Å². The minimum absolute atomic E-state index is 0.173. The number of nitrogens with two attached hydrogens (primary N) is 1. The van der Waals surface area contributed by atoms with Crippen molar-refractivity contribution in [1.82, 2.24) is 0 Å². The van der Waals surface area contributed by atoms with E-state index in [2.05, 4.69) is 0 Å². The molecule has 1 unspecified atom stereocenters. The molecule has 0 bridgehead atoms. The molecule has 0 aliphatic rings. The first-order valence-corrected chi connectivity index (χ1v) is 5.81. The van der Waals surface area contributed by atoms with Gasteiger partial charge >= 0.3 is 5.97 Å². The van der Waals surface area contributed by atoms with Gasteiger partial charge in [-0.2, -0.15) is 0 Å². The summed E-state index contributed by atoms with van der Waals surface area (Å²) in [6.45, 7) is 2.22. The SMILES string of the molecule is CCOC(=O)C(CN)Cc1ccc(OC)c(F)c1. The lowest BCUT2D eigenvalue weighted by atomic mass is 9.99. The first-order chi connectivity index (χ1) is 8.62. The highest BCUT2D eigenvalue weighted by atomic mass is 19.1. The summed E-state index contributed by atoms with van der Waals surface area (Å²) in [6.07, 6.45) is 0.357. The van der Waals surface area contributed by atoms with Gasteiger partial charge in [0.25, 0.3) is 0 Å². The van der Waals surface area contributed by atoms with Gasteiger partial charge in [-0.25, -0.2) is 4.39 Å². The number of esters is 1. The van der Waals surface area contributed by atoms with E-state index in [1.54, 1.807) is 13.0 Å². The maximum absolute atomic E-state index is 13.5. The first-order valence-electron chi connectivity index (χ1n) is 5.81. The van der Waals surface area contributed by atoms with Gasteiger partial charge in [0.05, 0.1) is 19.6 Å². The fourth-order valence-corrected chi connectivity index (χ4v) is 1.64. The number of hydrogen-bond donors (Lipinski definition) is 1. The molecule has 100 valence electrons. The van der Waals surface area contributed by atoms with Crippen LogP contribution < -0.4 is 10.5 Å². The van der Waals surface area contributed by atoms with Gasteiger partial charge in [-0.15, -0.1) is 0 Å². The molecule has 0 aromatic heterocycles. The van der Waals surface area contributed by atoms with Crippen molar-refractivity contribution in [3.8, 4) is 5.75 Å². The van der Waals surface area contributed by atoms with Crippen LogP contribution in [0.2, 0.25) is 0 Å². The van der Waals surface area contributed by atoms with Gasteiger partial charge in [0.2, 0.25) is 0 Å². The average Bonchev–Trinajstić information content (AvgIpc) is 2.36. The number of carbonyl (C=O) groups is 1. The summed E-state index contributed by atoms with van der Waals surface area (Å²) in [5.41, 5.74) is 6.22. The van der Waals surface area contributed by atoms with Crippen LogP contribution in [0.1, 0.15) is 12.5 Å². The van der Waals surface area contributed by atoms with Crippen LogP contribution in [0.3, 0.4) is 0 Å². The summed E-state index contributed by atoms with van der Waals surface area (Å²) >= 11 is 0. The van der Waals surface area contributed by atoms with Crippen LogP contribution in [0.5, 0.6) is 5.75 Å². The molecule has 0 radical (unpaired) electrons. The van der Waals surface area contributed by atoms with Crippen LogP contribution in [0.15, 0.2) is 18.2 Å². The van der Waals surface area contributed by atoms with E-state index in [1.165, 1.54) is 19.2 Å². The van der Waals surface area contributed by atoms with Crippen molar-refractivity contribution in [2.45, 2.75) is 13.3 Å². The van der Waals surface area contributed by atoms with Crippen LogP contribution in [-0.4, -0.2) is 26.2 Å². The summed E-state index contributed by atoms with van der Waals surface area (Å²) in [7, 11) is 1.40. The Balaban J connectivity index is 2.76. The summed E-state index contributed by atoms with van der Waals surface area (Å²) in [6, 6.07) is 4.59. The number of carbonyl (C=O) groups excluding carboxylic acids is 1. The lowest BCUT2D eigenvalue weighted by Crippen LogP contribution is -2.27. The smallest absolute Gasteiger partial charge is 0.310 e. The fraction of sp³-hybridized carbons (Fsp3) is 0.462. The molecule has 0 spiro atoms. The predicted molar refractivity (Wildman–Crippen MR) is 65.8 cm³/mol. The first kappa shape index (κ1) is 14.4. The summed E-state index contributed by atoms with van der Waals surface area (Å²) in [5, 5.41) is 0. The molecule has 0 heterocycles. The number of benzene rings is 1. The Hall–Kier alpha value is -1.62. The standard InChI is InChI=1S/C13H18FNO3/c1-3-18-13(16)10(8-15)6-9-4-5-12(17-2)11(14)7-9/h4-5,7,10H,3,6,8,15H2,1-2H3. The lowest BCUT2D eigenvalue weighted by Gasteiger charge is -2.13. The Kier molecular flexibility index (Phi) is 5.58. The molecule has 0 amide bonds. The summed E-state index contributed by atoms with van der Waals surface area (Å²) in [4.78, 5) is 11.6. The maximum atomic E-state index is 13.5. The normalized spacial score (nSPS) is 12.0. The molecule has 4 nitrogen and oxygen atoms in total. The third-order valence-electron chi connectivity index (χ3n) is 2.60. The lowest BCUT2D eigenvalue weighted by molar-refractivity contribution is -0.147. The quantitative estimate of drug-likeness (QED) is 0.783. The molecule has 0 saturated heterocycles. The minimum atomic E-state index is -0.449. The van der Waals surface area contributed by atoms with Gasteiger partial charge in [0, 0.05) is 6.54 Å². The Bertz CT molecular complexity index is 409. The second-order valence-electron chi connectivity index (χ2n) is 3.86. The van der Waals surface area contributed by atoms with E-state index in [0.29, 0.717) is 18.6 Å². The zero-order chi connectivity index (χ0) is 13.5. The van der Waals surface area contributed by atoms with Crippen molar-refractivity contribution in [3.05, 3.63) is 29.6 Å². The Morgan fingerprint density at radius 1 is 1.50 bits per heavy atom. The third kappa shape index (κ3) is 3.70. The molecule has 5 heteroatoms. The van der Waals surface area contributed by atoms with Crippen LogP contribution in [0.4, 0.5) is 4.39 Å². The van der Waals surface area contributed by atoms with E-state index >= 15 is 0 Å². The molecule has 1 aromatic rings. The molecule has 0 fully saturated rings. The number of hydrogen-bond acceptors (Lipinski definition) is 4. The van der Waals surface area contributed by atoms with E-state index in [0.717, 1.165) is 0 Å². The molecule has 2 N–H and O–H groups in total. The molecule has 0 aliphatic carbocycles. The van der Waals surface area contributed by atoms with Gasteiger partial charge in [0.1, 0.15) is 0 Å². The highest BCUT2D eigenvalue weighted by Gasteiger charge is 2.19. The van der Waals surface area contributed by atoms with Gasteiger partial charge in [-0.1, -0.05) is 6.07 Å². The van der Waals surface area contributed by atoms with Crippen LogP contribution >= 0.6 is 0 Å². The topological polar surface area (TPSA) is 61.5 Å². The molecule has 1 aromatic carbocycles. The van der Waals surface area contributed by atoms with Crippen molar-refractivity contribution in [3.63, 3.8) is 0 Å². The number of halogens is 1. The second-order valence-corrected chi connectivity index (χ2v) is 3.86. The third-order valence-corrected chi connectivity index (χ3v) is 2.60. The zero-order valence-electron chi connectivity index (χ0n) is 10.6. The van der Waals surface area contributed by atoms with E-state index in [1.807, 2.05) is 0 Å².